The van der Waals surface area contributed by atoms with E-state index in [-0.39, 0.29) is 11.2 Å². The lowest BCUT2D eigenvalue weighted by molar-refractivity contribution is -0.126. The Kier molecular flexibility index (Phi) is 7.28. The topological polar surface area (TPSA) is 54.3 Å². The van der Waals surface area contributed by atoms with Gasteiger partial charge in [0.15, 0.2) is 5.17 Å². The molecule has 5 nitrogen and oxygen atoms in total. The van der Waals surface area contributed by atoms with Crippen LogP contribution in [0, 0.1) is 0 Å². The van der Waals surface area contributed by atoms with E-state index in [4.69, 9.17) is 4.74 Å². The predicted octanol–water partition coefficient (Wildman–Crippen LogP) is 5.09. The number of ether oxygens (including phenoxy) is 1. The zero-order valence-corrected chi connectivity index (χ0v) is 18.2. The lowest BCUT2D eigenvalue weighted by Crippen LogP contribution is -2.31. The number of carbonyl (C=O) groups excluding carboxylic acids is 1. The van der Waals surface area contributed by atoms with Crippen LogP contribution in [0.15, 0.2) is 63.2 Å². The van der Waals surface area contributed by atoms with Crippen LogP contribution in [0.25, 0.3) is 0 Å². The van der Waals surface area contributed by atoms with Crippen molar-refractivity contribution in [1.29, 1.82) is 0 Å². The van der Waals surface area contributed by atoms with E-state index >= 15 is 0 Å². The van der Waals surface area contributed by atoms with E-state index in [9.17, 15) is 4.79 Å². The number of benzene rings is 2. The summed E-state index contributed by atoms with van der Waals surface area (Å²) in [6, 6.07) is 15.5. The van der Waals surface area contributed by atoms with Crippen molar-refractivity contribution in [2.75, 3.05) is 7.11 Å². The predicted molar refractivity (Wildman–Crippen MR) is 119 cm³/mol. The van der Waals surface area contributed by atoms with Gasteiger partial charge < -0.3 is 4.74 Å². The average Bonchev–Trinajstić information content (AvgIpc) is 2.99. The lowest BCUT2D eigenvalue weighted by atomic mass is 10.2. The van der Waals surface area contributed by atoms with Gasteiger partial charge >= 0.3 is 0 Å². The molecule has 0 spiro atoms. The molecule has 1 aliphatic rings. The minimum Gasteiger partial charge on any atom is -0.497 e. The first-order valence-electron chi connectivity index (χ1n) is 9.08. The maximum atomic E-state index is 12.8. The van der Waals surface area contributed by atoms with Gasteiger partial charge in [-0.25, -0.2) is 0 Å². The number of halogens is 1. The minimum absolute atomic E-state index is 0.0927. The molecule has 7 heteroatoms. The molecule has 1 fully saturated rings. The highest BCUT2D eigenvalue weighted by Crippen LogP contribution is 2.32. The number of hydrogen-bond donors (Lipinski definition) is 0. The molecular formula is C21H22BrN3O2S. The van der Waals surface area contributed by atoms with E-state index in [0.29, 0.717) is 11.7 Å². The molecule has 146 valence electrons. The molecule has 2 aromatic carbocycles. The SMILES string of the molecule is CCCC1SC(=NN=Cc2ccc(Br)cc2)N(Cc2ccc(OC)cc2)C1=O. The van der Waals surface area contributed by atoms with Crippen molar-refractivity contribution in [3.8, 4) is 5.75 Å². The Labute approximate surface area is 178 Å². The maximum Gasteiger partial charge on any atom is 0.242 e. The third-order valence-electron chi connectivity index (χ3n) is 4.29. The second-order valence-corrected chi connectivity index (χ2v) is 8.43. The summed E-state index contributed by atoms with van der Waals surface area (Å²) in [6.07, 6.45) is 3.48. The molecule has 28 heavy (non-hydrogen) atoms. The Hall–Kier alpha value is -2.12. The molecular weight excluding hydrogens is 438 g/mol. The molecule has 3 rings (SSSR count). The highest BCUT2D eigenvalue weighted by molar-refractivity contribution is 9.10. The third kappa shape index (κ3) is 5.23. The number of hydrogen-bond acceptors (Lipinski definition) is 5. The van der Waals surface area contributed by atoms with Crippen molar-refractivity contribution in [1.82, 2.24) is 4.90 Å². The second kappa shape index (κ2) is 9.89. The van der Waals surface area contributed by atoms with Gasteiger partial charge in [0.1, 0.15) is 5.75 Å². The first kappa shape index (κ1) is 20.6. The molecule has 0 aliphatic carbocycles. The molecule has 1 unspecified atom stereocenters. The number of methoxy groups -OCH3 is 1. The number of amides is 1. The van der Waals surface area contributed by atoms with E-state index in [1.54, 1.807) is 18.2 Å². The van der Waals surface area contributed by atoms with Crippen molar-refractivity contribution in [2.24, 2.45) is 10.2 Å². The van der Waals surface area contributed by atoms with Gasteiger partial charge in [0.05, 0.1) is 25.1 Å². The number of rotatable bonds is 7. The van der Waals surface area contributed by atoms with Gasteiger partial charge in [-0.05, 0) is 41.8 Å². The third-order valence-corrected chi connectivity index (χ3v) is 6.05. The summed E-state index contributed by atoms with van der Waals surface area (Å²) in [5, 5.41) is 9.12. The van der Waals surface area contributed by atoms with Crippen LogP contribution in [0.3, 0.4) is 0 Å². The van der Waals surface area contributed by atoms with Gasteiger partial charge in [0.25, 0.3) is 0 Å². The Balaban J connectivity index is 1.78. The summed E-state index contributed by atoms with van der Waals surface area (Å²) in [6.45, 7) is 2.56. The van der Waals surface area contributed by atoms with Gasteiger partial charge in [-0.1, -0.05) is 65.3 Å². The van der Waals surface area contributed by atoms with Crippen LogP contribution >= 0.6 is 27.7 Å². The quantitative estimate of drug-likeness (QED) is 0.427. The number of carbonyl (C=O) groups is 1. The smallest absolute Gasteiger partial charge is 0.242 e. The first-order valence-corrected chi connectivity index (χ1v) is 10.8. The van der Waals surface area contributed by atoms with Crippen molar-refractivity contribution in [3.05, 3.63) is 64.1 Å². The zero-order chi connectivity index (χ0) is 19.9. The van der Waals surface area contributed by atoms with Crippen LogP contribution in [-0.4, -0.2) is 34.5 Å². The molecule has 1 heterocycles. The summed E-state index contributed by atoms with van der Waals surface area (Å²) in [4.78, 5) is 14.6. The van der Waals surface area contributed by atoms with E-state index in [2.05, 4.69) is 33.1 Å². The molecule has 1 aliphatic heterocycles. The van der Waals surface area contributed by atoms with Crippen LogP contribution in [-0.2, 0) is 11.3 Å². The highest BCUT2D eigenvalue weighted by atomic mass is 79.9. The zero-order valence-electron chi connectivity index (χ0n) is 15.8. The molecule has 0 bridgehead atoms. The Morgan fingerprint density at radius 1 is 1.18 bits per heavy atom. The molecule has 0 N–H and O–H groups in total. The van der Waals surface area contributed by atoms with Gasteiger partial charge in [0.2, 0.25) is 5.91 Å². The molecule has 1 atom stereocenters. The minimum atomic E-state index is -0.0927. The summed E-state index contributed by atoms with van der Waals surface area (Å²) in [5.41, 5.74) is 1.98. The fourth-order valence-corrected chi connectivity index (χ4v) is 4.26. The van der Waals surface area contributed by atoms with E-state index in [0.717, 1.165) is 34.2 Å². The summed E-state index contributed by atoms with van der Waals surface area (Å²) in [5.74, 6) is 0.892. The van der Waals surface area contributed by atoms with Crippen molar-refractivity contribution in [2.45, 2.75) is 31.6 Å². The monoisotopic (exact) mass is 459 g/mol. The lowest BCUT2D eigenvalue weighted by Gasteiger charge is -2.16. The van der Waals surface area contributed by atoms with Crippen LogP contribution in [0.4, 0.5) is 0 Å². The molecule has 1 amide bonds. The Morgan fingerprint density at radius 3 is 2.54 bits per heavy atom. The van der Waals surface area contributed by atoms with Crippen molar-refractivity contribution in [3.63, 3.8) is 0 Å². The standard InChI is InChI=1S/C21H22BrN3O2S/c1-3-4-19-20(26)25(14-16-7-11-18(27-2)12-8-16)21(28-19)24-23-13-15-5-9-17(22)10-6-15/h5-13,19H,3-4,14H2,1-2H3. The van der Waals surface area contributed by atoms with Gasteiger partial charge in [-0.15, -0.1) is 5.10 Å². The van der Waals surface area contributed by atoms with E-state index in [1.165, 1.54) is 11.8 Å². The van der Waals surface area contributed by atoms with Crippen molar-refractivity contribution < 1.29 is 9.53 Å². The summed E-state index contributed by atoms with van der Waals surface area (Å²) < 4.78 is 6.22. The molecule has 0 radical (unpaired) electrons. The fraction of sp³-hybridized carbons (Fsp3) is 0.286. The van der Waals surface area contributed by atoms with Crippen LogP contribution in [0.2, 0.25) is 0 Å². The average molecular weight is 460 g/mol. The highest BCUT2D eigenvalue weighted by Gasteiger charge is 2.37. The number of thioether (sulfide) groups is 1. The normalized spacial score (nSPS) is 18.4. The van der Waals surface area contributed by atoms with Crippen LogP contribution in [0.5, 0.6) is 5.75 Å². The Bertz CT molecular complexity index is 866. The van der Waals surface area contributed by atoms with E-state index < -0.39 is 0 Å². The number of amidine groups is 1. The Morgan fingerprint density at radius 2 is 1.89 bits per heavy atom. The summed E-state index contributed by atoms with van der Waals surface area (Å²) >= 11 is 4.91. The molecule has 2 aromatic rings. The number of nitrogens with zero attached hydrogens (tertiary/aromatic N) is 3. The van der Waals surface area contributed by atoms with Gasteiger partial charge in [-0.3, -0.25) is 9.69 Å². The largest absolute Gasteiger partial charge is 0.497 e. The molecule has 0 aromatic heterocycles. The molecule has 1 saturated heterocycles. The summed E-state index contributed by atoms with van der Waals surface area (Å²) in [7, 11) is 1.64. The van der Waals surface area contributed by atoms with Crippen LogP contribution < -0.4 is 4.74 Å². The van der Waals surface area contributed by atoms with Crippen LogP contribution in [0.1, 0.15) is 30.9 Å². The first-order chi connectivity index (χ1) is 13.6. The second-order valence-electron chi connectivity index (χ2n) is 6.35. The van der Waals surface area contributed by atoms with E-state index in [1.807, 2.05) is 48.5 Å². The van der Waals surface area contributed by atoms with Gasteiger partial charge in [0, 0.05) is 4.47 Å². The fourth-order valence-electron chi connectivity index (χ4n) is 2.78. The maximum absolute atomic E-state index is 12.8. The van der Waals surface area contributed by atoms with Gasteiger partial charge in [-0.2, -0.15) is 5.10 Å². The molecule has 0 saturated carbocycles. The van der Waals surface area contributed by atoms with Crippen molar-refractivity contribution >= 4 is 45.0 Å².